The minimum Gasteiger partial charge on any atom is -0.231 e. The number of benzene rings is 1. The number of nitriles is 1. The van der Waals surface area contributed by atoms with Crippen molar-refractivity contribution in [1.29, 1.82) is 5.26 Å². The van der Waals surface area contributed by atoms with Gasteiger partial charge in [-0.05, 0) is 42.4 Å². The third kappa shape index (κ3) is 3.05. The van der Waals surface area contributed by atoms with E-state index >= 15 is 0 Å². The number of nitrogens with zero attached hydrogens (tertiary/aromatic N) is 3. The first-order valence-corrected chi connectivity index (χ1v) is 6.46. The molecule has 0 aliphatic heterocycles. The number of halogens is 1. The minimum atomic E-state index is 0.619. The second-order valence-electron chi connectivity index (χ2n) is 3.40. The Labute approximate surface area is 112 Å². The maximum Gasteiger partial charge on any atom is 0.192 e. The van der Waals surface area contributed by atoms with Gasteiger partial charge in [0.1, 0.15) is 6.07 Å². The van der Waals surface area contributed by atoms with Gasteiger partial charge in [-0.2, -0.15) is 5.26 Å². The molecule has 0 saturated heterocycles. The van der Waals surface area contributed by atoms with Crippen molar-refractivity contribution in [1.82, 2.24) is 9.97 Å². The first-order valence-electron chi connectivity index (χ1n) is 4.85. The molecule has 0 saturated carbocycles. The molecule has 1 heterocycles. The largest absolute Gasteiger partial charge is 0.231 e. The van der Waals surface area contributed by atoms with E-state index in [1.165, 1.54) is 11.8 Å². The van der Waals surface area contributed by atoms with Crippen molar-refractivity contribution in [2.24, 2.45) is 0 Å². The average Bonchev–Trinajstić information content (AvgIpc) is 2.34. The summed E-state index contributed by atoms with van der Waals surface area (Å²) in [5.74, 6) is 0. The van der Waals surface area contributed by atoms with E-state index in [1.807, 2.05) is 19.1 Å². The zero-order valence-corrected chi connectivity index (χ0v) is 11.4. The minimum absolute atomic E-state index is 0.619. The van der Waals surface area contributed by atoms with Crippen LogP contribution in [0.1, 0.15) is 11.1 Å². The highest BCUT2D eigenvalue weighted by Crippen LogP contribution is 2.29. The smallest absolute Gasteiger partial charge is 0.192 e. The molecule has 0 unspecified atom stereocenters. The van der Waals surface area contributed by atoms with Crippen LogP contribution in [-0.2, 0) is 0 Å². The van der Waals surface area contributed by atoms with E-state index < -0.39 is 0 Å². The molecule has 0 spiro atoms. The van der Waals surface area contributed by atoms with Gasteiger partial charge in [-0.3, -0.25) is 0 Å². The SMILES string of the molecule is Cc1cnc(Sc2ccc(Br)cc2C#N)nc1. The predicted molar refractivity (Wildman–Crippen MR) is 69.7 cm³/mol. The molecule has 1 aromatic heterocycles. The van der Waals surface area contributed by atoms with Crippen molar-refractivity contribution in [2.75, 3.05) is 0 Å². The van der Waals surface area contributed by atoms with E-state index in [-0.39, 0.29) is 0 Å². The molecule has 0 aliphatic carbocycles. The van der Waals surface area contributed by atoms with Gasteiger partial charge in [0.05, 0.1) is 5.56 Å². The van der Waals surface area contributed by atoms with Crippen LogP contribution >= 0.6 is 27.7 Å². The summed E-state index contributed by atoms with van der Waals surface area (Å²) in [7, 11) is 0. The molecule has 2 rings (SSSR count). The Bertz CT molecular complexity index is 575. The second kappa shape index (κ2) is 5.30. The van der Waals surface area contributed by atoms with Gasteiger partial charge >= 0.3 is 0 Å². The van der Waals surface area contributed by atoms with Crippen molar-refractivity contribution in [3.63, 3.8) is 0 Å². The molecule has 5 heteroatoms. The summed E-state index contributed by atoms with van der Waals surface area (Å²) in [5.41, 5.74) is 1.64. The molecule has 0 bridgehead atoms. The van der Waals surface area contributed by atoms with Crippen LogP contribution in [0.4, 0.5) is 0 Å². The third-order valence-corrected chi connectivity index (χ3v) is 3.48. The molecule has 0 radical (unpaired) electrons. The zero-order chi connectivity index (χ0) is 12.3. The van der Waals surface area contributed by atoms with Crippen LogP contribution in [0.2, 0.25) is 0 Å². The lowest BCUT2D eigenvalue weighted by Gasteiger charge is -2.03. The van der Waals surface area contributed by atoms with Gasteiger partial charge in [0, 0.05) is 21.8 Å². The molecule has 3 nitrogen and oxygen atoms in total. The number of hydrogen-bond donors (Lipinski definition) is 0. The van der Waals surface area contributed by atoms with E-state index in [0.717, 1.165) is 14.9 Å². The molecular formula is C12H8BrN3S. The first kappa shape index (κ1) is 12.1. The average molecular weight is 306 g/mol. The highest BCUT2D eigenvalue weighted by Gasteiger charge is 2.06. The van der Waals surface area contributed by atoms with Gasteiger partial charge in [0.2, 0.25) is 0 Å². The van der Waals surface area contributed by atoms with Crippen LogP contribution < -0.4 is 0 Å². The normalized spacial score (nSPS) is 9.94. The molecule has 0 atom stereocenters. The van der Waals surface area contributed by atoms with E-state index in [4.69, 9.17) is 5.26 Å². The lowest BCUT2D eigenvalue weighted by atomic mass is 10.2. The van der Waals surface area contributed by atoms with E-state index in [9.17, 15) is 0 Å². The summed E-state index contributed by atoms with van der Waals surface area (Å²) in [6, 6.07) is 7.74. The lowest BCUT2D eigenvalue weighted by molar-refractivity contribution is 0.949. The van der Waals surface area contributed by atoms with E-state index in [0.29, 0.717) is 10.7 Å². The molecular weight excluding hydrogens is 298 g/mol. The zero-order valence-electron chi connectivity index (χ0n) is 9.01. The van der Waals surface area contributed by atoms with Gasteiger partial charge in [-0.15, -0.1) is 0 Å². The summed E-state index contributed by atoms with van der Waals surface area (Å²) in [6.45, 7) is 1.94. The van der Waals surface area contributed by atoms with Crippen LogP contribution in [0, 0.1) is 18.3 Å². The molecule has 17 heavy (non-hydrogen) atoms. The van der Waals surface area contributed by atoms with Crippen LogP contribution in [0.15, 0.2) is 45.1 Å². The maximum atomic E-state index is 9.04. The summed E-state index contributed by atoms with van der Waals surface area (Å²) in [6.07, 6.45) is 3.53. The highest BCUT2D eigenvalue weighted by molar-refractivity contribution is 9.10. The van der Waals surface area contributed by atoms with Crippen LogP contribution in [0.3, 0.4) is 0 Å². The number of aryl methyl sites for hydroxylation is 1. The van der Waals surface area contributed by atoms with Crippen LogP contribution in [0.5, 0.6) is 0 Å². The Kier molecular flexibility index (Phi) is 3.77. The van der Waals surface area contributed by atoms with Crippen molar-refractivity contribution >= 4 is 27.7 Å². The topological polar surface area (TPSA) is 49.6 Å². The van der Waals surface area contributed by atoms with Crippen LogP contribution in [-0.4, -0.2) is 9.97 Å². The maximum absolute atomic E-state index is 9.04. The lowest BCUT2D eigenvalue weighted by Crippen LogP contribution is -1.88. The van der Waals surface area contributed by atoms with Crippen molar-refractivity contribution in [2.45, 2.75) is 17.0 Å². The van der Waals surface area contributed by atoms with E-state index in [2.05, 4.69) is 32.0 Å². The standard InChI is InChI=1S/C12H8BrN3S/c1-8-6-15-12(16-7-8)17-11-3-2-10(13)4-9(11)5-14/h2-4,6-7H,1H3. The fourth-order valence-corrected chi connectivity index (χ4v) is 2.33. The molecule has 0 aliphatic rings. The number of rotatable bonds is 2. The first-order chi connectivity index (χ1) is 8.19. The van der Waals surface area contributed by atoms with Gasteiger partial charge in [-0.1, -0.05) is 15.9 Å². The van der Waals surface area contributed by atoms with Crippen LogP contribution in [0.25, 0.3) is 0 Å². The van der Waals surface area contributed by atoms with Crippen molar-refractivity contribution in [3.8, 4) is 6.07 Å². The van der Waals surface area contributed by atoms with Gasteiger partial charge < -0.3 is 0 Å². The molecule has 84 valence electrons. The van der Waals surface area contributed by atoms with Crippen molar-refractivity contribution < 1.29 is 0 Å². The summed E-state index contributed by atoms with van der Waals surface area (Å²) in [4.78, 5) is 9.26. The van der Waals surface area contributed by atoms with Gasteiger partial charge in [-0.25, -0.2) is 9.97 Å². The van der Waals surface area contributed by atoms with E-state index in [1.54, 1.807) is 18.5 Å². The Balaban J connectivity index is 2.30. The van der Waals surface area contributed by atoms with Gasteiger partial charge in [0.25, 0.3) is 0 Å². The monoisotopic (exact) mass is 305 g/mol. The molecule has 0 amide bonds. The quantitative estimate of drug-likeness (QED) is 0.796. The summed E-state index contributed by atoms with van der Waals surface area (Å²) < 4.78 is 0.892. The molecule has 0 fully saturated rings. The number of aromatic nitrogens is 2. The van der Waals surface area contributed by atoms with Gasteiger partial charge in [0.15, 0.2) is 5.16 Å². The summed E-state index contributed by atoms with van der Waals surface area (Å²) >= 11 is 4.73. The fraction of sp³-hybridized carbons (Fsp3) is 0.0833. The number of hydrogen-bond acceptors (Lipinski definition) is 4. The Morgan fingerprint density at radius 3 is 2.65 bits per heavy atom. The molecule has 2 aromatic rings. The fourth-order valence-electron chi connectivity index (χ4n) is 1.21. The Hall–Kier alpha value is -1.38. The Morgan fingerprint density at radius 2 is 2.00 bits per heavy atom. The second-order valence-corrected chi connectivity index (χ2v) is 5.32. The Morgan fingerprint density at radius 1 is 1.29 bits per heavy atom. The molecule has 1 aromatic carbocycles. The predicted octanol–water partition coefficient (Wildman–Crippen LogP) is 3.57. The molecule has 0 N–H and O–H groups in total. The summed E-state index contributed by atoms with van der Waals surface area (Å²) in [5, 5.41) is 9.69. The van der Waals surface area contributed by atoms with Crippen molar-refractivity contribution in [3.05, 3.63) is 46.2 Å². The highest BCUT2D eigenvalue weighted by atomic mass is 79.9. The third-order valence-electron chi connectivity index (χ3n) is 2.02.